The van der Waals surface area contributed by atoms with Crippen LogP contribution in [0, 0.1) is 45.3 Å². The summed E-state index contributed by atoms with van der Waals surface area (Å²) in [7, 11) is 0. The highest BCUT2D eigenvalue weighted by Crippen LogP contribution is 2.69. The van der Waals surface area contributed by atoms with Crippen LogP contribution in [0.15, 0.2) is 29.3 Å². The highest BCUT2D eigenvalue weighted by atomic mass is 32.1. The number of thiophene rings is 4. The number of hydrogen-bond donors (Lipinski definition) is 0. The van der Waals surface area contributed by atoms with Gasteiger partial charge in [0.2, 0.25) is 0 Å². The molecule has 0 amide bonds. The monoisotopic (exact) mass is 784 g/mol. The summed E-state index contributed by atoms with van der Waals surface area (Å²) in [6, 6.07) is 14.6. The molecule has 2 saturated carbocycles. The third-order valence-electron chi connectivity index (χ3n) is 11.4. The average Bonchev–Trinajstić information content (AvgIpc) is 4.05. The van der Waals surface area contributed by atoms with E-state index in [1.54, 1.807) is 46.0 Å². The Bertz CT molecular complexity index is 2360. The molecule has 4 heterocycles. The summed E-state index contributed by atoms with van der Waals surface area (Å²) in [6.45, 7) is 5.44. The van der Waals surface area contributed by atoms with Crippen LogP contribution < -0.4 is 9.47 Å². The molecule has 2 fully saturated rings. The Morgan fingerprint density at radius 1 is 0.630 bits per heavy atom. The van der Waals surface area contributed by atoms with E-state index in [0.29, 0.717) is 13.2 Å². The zero-order valence-electron chi connectivity index (χ0n) is 30.6. The van der Waals surface area contributed by atoms with Crippen molar-refractivity contribution in [3.8, 4) is 55.3 Å². The van der Waals surface area contributed by atoms with Crippen LogP contribution >= 0.6 is 45.3 Å². The first kappa shape index (κ1) is 36.6. The standard InChI is InChI=1S/C44H40N4O2S4/c1-3-15-49-33-19-29(17-27(23-45)24-46)51-39(33)31-21-35-37(43(31)11-7-5-8-12-43)38-42(53-35)40-32(44(38)13-9-6-10-14-44)22-36(54-40)41-34(50-16-4-2)20-30(52-41)18-28(25-47)26-48/h17-22H,3-16H2,1-2H3. The molecule has 4 aliphatic rings. The van der Waals surface area contributed by atoms with Crippen LogP contribution in [-0.4, -0.2) is 13.2 Å². The molecule has 0 aromatic carbocycles. The summed E-state index contributed by atoms with van der Waals surface area (Å²) in [4.78, 5) is 9.40. The number of fused-ring (bicyclic) bond motifs is 8. The fourth-order valence-corrected chi connectivity index (χ4v) is 14.4. The van der Waals surface area contributed by atoms with E-state index in [1.807, 2.05) is 59.1 Å². The molecule has 4 aliphatic carbocycles. The SMILES string of the molecule is CCCOc1cc(C=C(C#N)C#N)sc1C1=Cc2sc3c(c2C12CCCCC2)C1(CCCCC1)c1cc(-c2sc(C=C(C#N)C#N)cc2OCCC)sc1-3. The van der Waals surface area contributed by atoms with E-state index in [-0.39, 0.29) is 22.0 Å². The van der Waals surface area contributed by atoms with Crippen molar-refractivity contribution in [1.82, 2.24) is 0 Å². The number of rotatable bonds is 10. The Labute approximate surface area is 333 Å². The molecule has 4 aromatic heterocycles. The largest absolute Gasteiger partial charge is 0.492 e. The van der Waals surface area contributed by atoms with Crippen LogP contribution in [0.1, 0.15) is 127 Å². The van der Waals surface area contributed by atoms with Crippen LogP contribution in [0.2, 0.25) is 0 Å². The zero-order valence-corrected chi connectivity index (χ0v) is 33.9. The molecule has 0 saturated heterocycles. The topological polar surface area (TPSA) is 114 Å². The second-order valence-electron chi connectivity index (χ2n) is 14.7. The smallest absolute Gasteiger partial charge is 0.139 e. The summed E-state index contributed by atoms with van der Waals surface area (Å²) in [6.07, 6.45) is 19.5. The van der Waals surface area contributed by atoms with Gasteiger partial charge in [-0.2, -0.15) is 21.0 Å². The fraction of sp³-hybridized carbons (Fsp3) is 0.409. The third kappa shape index (κ3) is 5.96. The Morgan fingerprint density at radius 3 is 1.72 bits per heavy atom. The Morgan fingerprint density at radius 2 is 1.17 bits per heavy atom. The summed E-state index contributed by atoms with van der Waals surface area (Å²) >= 11 is 7.11. The van der Waals surface area contributed by atoms with E-state index in [4.69, 9.17) is 9.47 Å². The zero-order chi connectivity index (χ0) is 37.5. The van der Waals surface area contributed by atoms with E-state index >= 15 is 0 Å². The molecule has 0 bridgehead atoms. The van der Waals surface area contributed by atoms with E-state index < -0.39 is 0 Å². The number of allylic oxidation sites excluding steroid dienone is 3. The van der Waals surface area contributed by atoms with Gasteiger partial charge in [-0.1, -0.05) is 52.4 Å². The average molecular weight is 785 g/mol. The molecule has 272 valence electrons. The summed E-state index contributed by atoms with van der Waals surface area (Å²) < 4.78 is 12.7. The lowest BCUT2D eigenvalue weighted by atomic mass is 9.61. The molecular formula is C44H40N4O2S4. The number of ether oxygens (including phenoxy) is 2. The van der Waals surface area contributed by atoms with Crippen LogP contribution in [-0.2, 0) is 10.8 Å². The van der Waals surface area contributed by atoms with Crippen molar-refractivity contribution in [3.05, 3.63) is 65.5 Å². The van der Waals surface area contributed by atoms with Crippen molar-refractivity contribution >= 4 is 69.1 Å². The summed E-state index contributed by atoms with van der Waals surface area (Å²) in [5.74, 6) is 1.69. The maximum Gasteiger partial charge on any atom is 0.139 e. The van der Waals surface area contributed by atoms with Crippen molar-refractivity contribution in [2.75, 3.05) is 13.2 Å². The quantitative estimate of drug-likeness (QED) is 0.148. The van der Waals surface area contributed by atoms with E-state index in [1.165, 1.54) is 69.2 Å². The first-order valence-corrected chi connectivity index (χ1v) is 22.3. The Kier molecular flexibility index (Phi) is 10.2. The van der Waals surface area contributed by atoms with Crippen LogP contribution in [0.25, 0.3) is 43.3 Å². The third-order valence-corrected chi connectivity index (χ3v) is 16.2. The normalized spacial score (nSPS) is 17.0. The number of hydrogen-bond acceptors (Lipinski definition) is 10. The van der Waals surface area contributed by atoms with Gasteiger partial charge in [0.1, 0.15) is 46.9 Å². The molecular weight excluding hydrogens is 745 g/mol. The van der Waals surface area contributed by atoms with Gasteiger partial charge >= 0.3 is 0 Å². The van der Waals surface area contributed by atoms with Crippen LogP contribution in [0.4, 0.5) is 0 Å². The molecule has 0 aliphatic heterocycles. The van der Waals surface area contributed by atoms with Gasteiger partial charge in [0.15, 0.2) is 0 Å². The highest BCUT2D eigenvalue weighted by Gasteiger charge is 2.55. The van der Waals surface area contributed by atoms with Crippen molar-refractivity contribution in [1.29, 1.82) is 21.0 Å². The Balaban J connectivity index is 1.29. The van der Waals surface area contributed by atoms with Gasteiger partial charge in [-0.3, -0.25) is 0 Å². The predicted octanol–water partition coefficient (Wildman–Crippen LogP) is 13.0. The molecule has 0 N–H and O–H groups in total. The number of nitrogens with zero attached hydrogens (tertiary/aromatic N) is 4. The van der Waals surface area contributed by atoms with Gasteiger partial charge in [0.05, 0.1) is 23.0 Å². The lowest BCUT2D eigenvalue weighted by molar-refractivity contribution is 0.315. The minimum absolute atomic E-state index is 0.0336. The van der Waals surface area contributed by atoms with Crippen molar-refractivity contribution < 1.29 is 9.47 Å². The minimum atomic E-state index is -0.0993. The molecule has 8 rings (SSSR count). The lowest BCUT2D eigenvalue weighted by Crippen LogP contribution is -2.34. The second-order valence-corrected chi connectivity index (χ2v) is 19.0. The van der Waals surface area contributed by atoms with Gasteiger partial charge in [-0.05, 0) is 97.2 Å². The predicted molar refractivity (Wildman–Crippen MR) is 222 cm³/mol. The first-order valence-electron chi connectivity index (χ1n) is 19.1. The molecule has 0 radical (unpaired) electrons. The van der Waals surface area contributed by atoms with Crippen molar-refractivity contribution in [2.24, 2.45) is 0 Å². The lowest BCUT2D eigenvalue weighted by Gasteiger charge is -2.42. The van der Waals surface area contributed by atoms with E-state index in [2.05, 4.69) is 26.0 Å². The highest BCUT2D eigenvalue weighted by molar-refractivity contribution is 7.27. The Hall–Kier alpha value is -4.42. The van der Waals surface area contributed by atoms with Gasteiger partial charge in [-0.15, -0.1) is 45.3 Å². The van der Waals surface area contributed by atoms with Gasteiger partial charge in [0.25, 0.3) is 0 Å². The van der Waals surface area contributed by atoms with Crippen LogP contribution in [0.3, 0.4) is 0 Å². The molecule has 0 unspecified atom stereocenters. The molecule has 4 aromatic rings. The maximum atomic E-state index is 9.55. The first-order chi connectivity index (χ1) is 26.4. The fourth-order valence-electron chi connectivity index (χ4n) is 9.23. The second kappa shape index (κ2) is 15.0. The van der Waals surface area contributed by atoms with Gasteiger partial charge in [0, 0.05) is 40.1 Å². The molecule has 6 nitrogen and oxygen atoms in total. The molecule has 54 heavy (non-hydrogen) atoms. The number of nitriles is 4. The van der Waals surface area contributed by atoms with Crippen molar-refractivity contribution in [3.63, 3.8) is 0 Å². The van der Waals surface area contributed by atoms with Crippen LogP contribution in [0.5, 0.6) is 11.5 Å². The molecule has 0 atom stereocenters. The van der Waals surface area contributed by atoms with Gasteiger partial charge < -0.3 is 9.47 Å². The summed E-state index contributed by atoms with van der Waals surface area (Å²) in [5.41, 5.74) is 6.07. The van der Waals surface area contributed by atoms with E-state index in [0.717, 1.165) is 69.5 Å². The minimum Gasteiger partial charge on any atom is -0.492 e. The van der Waals surface area contributed by atoms with Crippen molar-refractivity contribution in [2.45, 2.75) is 102 Å². The molecule has 10 heteroatoms. The van der Waals surface area contributed by atoms with Gasteiger partial charge in [-0.25, -0.2) is 0 Å². The maximum absolute atomic E-state index is 9.55. The van der Waals surface area contributed by atoms with E-state index in [9.17, 15) is 21.0 Å². The summed E-state index contributed by atoms with van der Waals surface area (Å²) in [5, 5.41) is 38.0. The molecule has 2 spiro atoms.